The van der Waals surface area contributed by atoms with Crippen LogP contribution in [0.1, 0.15) is 43.2 Å². The second kappa shape index (κ2) is 8.39. The third-order valence-corrected chi connectivity index (χ3v) is 5.98. The third-order valence-electron chi connectivity index (χ3n) is 5.41. The van der Waals surface area contributed by atoms with E-state index < -0.39 is 0 Å². The van der Waals surface area contributed by atoms with Crippen molar-refractivity contribution in [3.05, 3.63) is 72.1 Å². The summed E-state index contributed by atoms with van der Waals surface area (Å²) in [7, 11) is 1.95. The monoisotopic (exact) mass is 350 g/mol. The lowest BCUT2D eigenvalue weighted by atomic mass is 9.61. The Morgan fingerprint density at radius 3 is 2.80 bits per heavy atom. The van der Waals surface area contributed by atoms with Gasteiger partial charge in [-0.25, -0.2) is 0 Å². The maximum atomic E-state index is 5.83. The van der Waals surface area contributed by atoms with E-state index in [1.807, 2.05) is 25.5 Å². The van der Waals surface area contributed by atoms with Crippen LogP contribution in [0.4, 0.5) is 0 Å². The molecule has 3 heteroatoms. The number of pyridine rings is 1. The van der Waals surface area contributed by atoms with Gasteiger partial charge in [-0.15, -0.1) is 0 Å². The maximum Gasteiger partial charge on any atom is 0.0861 e. The summed E-state index contributed by atoms with van der Waals surface area (Å²) in [5.74, 6) is 0.505. The quantitative estimate of drug-likeness (QED) is 0.754. The first-order valence-corrected chi connectivity index (χ1v) is 9.52. The summed E-state index contributed by atoms with van der Waals surface area (Å²) < 4.78 is 0. The zero-order valence-corrected chi connectivity index (χ0v) is 15.6. The highest BCUT2D eigenvalue weighted by Gasteiger charge is 2.44. The van der Waals surface area contributed by atoms with Crippen molar-refractivity contribution in [1.29, 1.82) is 0 Å². The van der Waals surface area contributed by atoms with Crippen LogP contribution < -0.4 is 5.32 Å². The highest BCUT2D eigenvalue weighted by atomic mass is 32.1. The summed E-state index contributed by atoms with van der Waals surface area (Å²) >= 11 is 5.83. The van der Waals surface area contributed by atoms with Crippen molar-refractivity contribution in [1.82, 2.24) is 10.3 Å². The van der Waals surface area contributed by atoms with Gasteiger partial charge < -0.3 is 5.32 Å². The number of aromatic nitrogens is 1. The van der Waals surface area contributed by atoms with Crippen LogP contribution in [0.2, 0.25) is 0 Å². The number of hydrogen-bond donors (Lipinski definition) is 1. The topological polar surface area (TPSA) is 24.9 Å². The molecule has 1 aromatic carbocycles. The molecule has 0 saturated heterocycles. The number of nitrogens with one attached hydrogen (secondary N) is 1. The molecule has 1 aliphatic carbocycles. The smallest absolute Gasteiger partial charge is 0.0861 e. The summed E-state index contributed by atoms with van der Waals surface area (Å²) in [6, 6.07) is 14.7. The summed E-state index contributed by atoms with van der Waals surface area (Å²) in [5, 5.41) is 3.29. The van der Waals surface area contributed by atoms with E-state index in [2.05, 4.69) is 58.9 Å². The molecule has 1 aromatic heterocycles. The van der Waals surface area contributed by atoms with Crippen LogP contribution in [0.3, 0.4) is 0 Å². The number of benzene rings is 1. The lowest BCUT2D eigenvalue weighted by Gasteiger charge is -2.44. The highest BCUT2D eigenvalue weighted by Crippen LogP contribution is 2.46. The fraction of sp³-hybridized carbons (Fsp3) is 0.364. The minimum absolute atomic E-state index is 0.0996. The molecule has 0 spiro atoms. The molecule has 130 valence electrons. The molecular weight excluding hydrogens is 324 g/mol. The van der Waals surface area contributed by atoms with Crippen LogP contribution in [-0.4, -0.2) is 17.0 Å². The van der Waals surface area contributed by atoms with Crippen molar-refractivity contribution in [2.75, 3.05) is 7.05 Å². The molecule has 0 amide bonds. The SMILES string of the molecule is CNC(=S)[C@@]1(c2cccnc2)CCCC[C@@H]1C/C=C/c1ccccc1. The number of likely N-dealkylation sites (N-methyl/N-ethyl adjacent to an activating group) is 1. The average Bonchev–Trinajstić information content (AvgIpc) is 2.69. The predicted molar refractivity (Wildman–Crippen MR) is 110 cm³/mol. The highest BCUT2D eigenvalue weighted by molar-refractivity contribution is 7.80. The van der Waals surface area contributed by atoms with Gasteiger partial charge in [-0.3, -0.25) is 4.98 Å². The third kappa shape index (κ3) is 3.82. The van der Waals surface area contributed by atoms with Crippen LogP contribution in [0.25, 0.3) is 6.08 Å². The van der Waals surface area contributed by atoms with Gasteiger partial charge >= 0.3 is 0 Å². The molecule has 0 bridgehead atoms. The fourth-order valence-corrected chi connectivity index (χ4v) is 4.54. The first-order chi connectivity index (χ1) is 12.3. The van der Waals surface area contributed by atoms with Crippen molar-refractivity contribution in [3.8, 4) is 0 Å². The molecule has 0 radical (unpaired) electrons. The molecule has 2 atom stereocenters. The molecule has 3 rings (SSSR count). The average molecular weight is 351 g/mol. The van der Waals surface area contributed by atoms with Crippen LogP contribution in [-0.2, 0) is 5.41 Å². The van der Waals surface area contributed by atoms with Crippen LogP contribution >= 0.6 is 12.2 Å². The molecule has 0 unspecified atom stereocenters. The van der Waals surface area contributed by atoms with Crippen molar-refractivity contribution in [3.63, 3.8) is 0 Å². The van der Waals surface area contributed by atoms with Gasteiger partial charge in [-0.1, -0.05) is 73.6 Å². The summed E-state index contributed by atoms with van der Waals surface area (Å²) in [4.78, 5) is 5.34. The lowest BCUT2D eigenvalue weighted by molar-refractivity contribution is 0.253. The van der Waals surface area contributed by atoms with Crippen molar-refractivity contribution < 1.29 is 0 Å². The van der Waals surface area contributed by atoms with E-state index in [-0.39, 0.29) is 5.41 Å². The minimum Gasteiger partial charge on any atom is -0.382 e. The Balaban J connectivity index is 1.89. The van der Waals surface area contributed by atoms with Crippen LogP contribution in [0.5, 0.6) is 0 Å². The van der Waals surface area contributed by atoms with Crippen LogP contribution in [0.15, 0.2) is 60.9 Å². The van der Waals surface area contributed by atoms with Gasteiger partial charge in [0.1, 0.15) is 0 Å². The summed E-state index contributed by atoms with van der Waals surface area (Å²) in [6.45, 7) is 0. The molecule has 0 aliphatic heterocycles. The van der Waals surface area contributed by atoms with E-state index in [0.29, 0.717) is 5.92 Å². The Bertz CT molecular complexity index is 711. The van der Waals surface area contributed by atoms with Gasteiger partial charge in [0.05, 0.1) is 10.4 Å². The Kier molecular flexibility index (Phi) is 5.98. The van der Waals surface area contributed by atoms with Crippen molar-refractivity contribution in [2.24, 2.45) is 5.92 Å². The Morgan fingerprint density at radius 2 is 2.08 bits per heavy atom. The second-order valence-corrected chi connectivity index (χ2v) is 7.19. The van der Waals surface area contributed by atoms with Gasteiger partial charge in [0.2, 0.25) is 0 Å². The molecule has 25 heavy (non-hydrogen) atoms. The molecule has 2 aromatic rings. The molecule has 1 heterocycles. The molecular formula is C22H26N2S. The van der Waals surface area contributed by atoms with Gasteiger partial charge in [0.25, 0.3) is 0 Å². The van der Waals surface area contributed by atoms with Gasteiger partial charge in [0, 0.05) is 19.4 Å². The Morgan fingerprint density at radius 1 is 1.24 bits per heavy atom. The van der Waals surface area contributed by atoms with E-state index in [9.17, 15) is 0 Å². The van der Waals surface area contributed by atoms with Gasteiger partial charge in [0.15, 0.2) is 0 Å². The van der Waals surface area contributed by atoms with Crippen LogP contribution in [0, 0.1) is 5.92 Å². The Labute approximate surface area is 156 Å². The van der Waals surface area contributed by atoms with E-state index >= 15 is 0 Å². The molecule has 2 nitrogen and oxygen atoms in total. The summed E-state index contributed by atoms with van der Waals surface area (Å²) in [5.41, 5.74) is 2.41. The number of hydrogen-bond acceptors (Lipinski definition) is 2. The standard InChI is InChI=1S/C22H26N2S/c1-23-21(25)22(20-14-8-16-24-17-20)15-6-5-12-19(22)13-7-11-18-9-3-2-4-10-18/h2-4,7-11,14,16-17,19H,5-6,12-13,15H2,1H3,(H,23,25)/b11-7+/t19-,22+/m1/s1. The molecule has 1 saturated carbocycles. The minimum atomic E-state index is -0.0996. The van der Waals surface area contributed by atoms with E-state index in [1.54, 1.807) is 0 Å². The van der Waals surface area contributed by atoms with Crippen molar-refractivity contribution in [2.45, 2.75) is 37.5 Å². The van der Waals surface area contributed by atoms with E-state index in [4.69, 9.17) is 12.2 Å². The number of allylic oxidation sites excluding steroid dienone is 1. The largest absolute Gasteiger partial charge is 0.382 e. The first-order valence-electron chi connectivity index (χ1n) is 9.11. The van der Waals surface area contributed by atoms with Crippen molar-refractivity contribution >= 4 is 23.3 Å². The van der Waals surface area contributed by atoms with Gasteiger partial charge in [-0.2, -0.15) is 0 Å². The second-order valence-electron chi connectivity index (χ2n) is 6.78. The number of rotatable bonds is 5. The maximum absolute atomic E-state index is 5.83. The normalized spacial score (nSPS) is 23.5. The first kappa shape index (κ1) is 17.8. The number of thiocarbonyl (C=S) groups is 1. The van der Waals surface area contributed by atoms with E-state index in [1.165, 1.54) is 30.4 Å². The Hall–Kier alpha value is -2.00. The predicted octanol–water partition coefficient (Wildman–Crippen LogP) is 5.16. The zero-order valence-electron chi connectivity index (χ0n) is 14.8. The lowest BCUT2D eigenvalue weighted by Crippen LogP contribution is -2.49. The molecule has 1 fully saturated rings. The number of nitrogens with zero attached hydrogens (tertiary/aromatic N) is 1. The molecule has 1 N–H and O–H groups in total. The van der Waals surface area contributed by atoms with Gasteiger partial charge in [-0.05, 0) is 42.4 Å². The summed E-state index contributed by atoms with van der Waals surface area (Å²) in [6.07, 6.45) is 14.2. The van der Waals surface area contributed by atoms with E-state index in [0.717, 1.165) is 17.8 Å². The zero-order chi connectivity index (χ0) is 17.5. The fourth-order valence-electron chi connectivity index (χ4n) is 4.16. The molecule has 1 aliphatic rings.